The van der Waals surface area contributed by atoms with Gasteiger partial charge in [0, 0.05) is 37.1 Å². The summed E-state index contributed by atoms with van der Waals surface area (Å²) < 4.78 is 39.0. The highest BCUT2D eigenvalue weighted by atomic mass is 32.1. The molecule has 1 unspecified atom stereocenters. The van der Waals surface area contributed by atoms with Crippen LogP contribution in [-0.4, -0.2) is 36.9 Å². The molecule has 168 valence electrons. The summed E-state index contributed by atoms with van der Waals surface area (Å²) in [5.74, 6) is 0.938. The van der Waals surface area contributed by atoms with Gasteiger partial charge in [-0.1, -0.05) is 54.2 Å². The van der Waals surface area contributed by atoms with Gasteiger partial charge in [-0.2, -0.15) is 13.2 Å². The van der Waals surface area contributed by atoms with Crippen molar-refractivity contribution in [3.63, 3.8) is 0 Å². The van der Waals surface area contributed by atoms with Gasteiger partial charge in [0.15, 0.2) is 0 Å². The molecule has 0 spiro atoms. The predicted octanol–water partition coefficient (Wildman–Crippen LogP) is 7.08. The van der Waals surface area contributed by atoms with Gasteiger partial charge in [0.25, 0.3) is 0 Å². The Labute approximate surface area is 183 Å². The second-order valence-electron chi connectivity index (χ2n) is 9.31. The van der Waals surface area contributed by atoms with Gasteiger partial charge < -0.3 is 9.80 Å². The normalized spacial score (nSPS) is 16.6. The van der Waals surface area contributed by atoms with Crippen LogP contribution in [0.25, 0.3) is 5.70 Å². The van der Waals surface area contributed by atoms with Crippen LogP contribution in [0.3, 0.4) is 0 Å². The van der Waals surface area contributed by atoms with E-state index < -0.39 is 12.6 Å². The molecule has 0 fully saturated rings. The van der Waals surface area contributed by atoms with Crippen molar-refractivity contribution in [2.24, 2.45) is 16.3 Å². The van der Waals surface area contributed by atoms with Gasteiger partial charge in [0.1, 0.15) is 10.8 Å². The van der Waals surface area contributed by atoms with E-state index in [4.69, 9.17) is 0 Å². The summed E-state index contributed by atoms with van der Waals surface area (Å²) in [4.78, 5) is 9.21. The van der Waals surface area contributed by atoms with Gasteiger partial charge >= 0.3 is 6.18 Å². The van der Waals surface area contributed by atoms with Crippen molar-refractivity contribution in [2.75, 3.05) is 24.5 Å². The van der Waals surface area contributed by atoms with E-state index in [0.29, 0.717) is 24.8 Å². The van der Waals surface area contributed by atoms with E-state index in [-0.39, 0.29) is 12.0 Å². The average Bonchev–Trinajstić information content (AvgIpc) is 2.93. The maximum Gasteiger partial charge on any atom is 0.390 e. The smallest absolute Gasteiger partial charge is 0.328 e. The van der Waals surface area contributed by atoms with Crippen LogP contribution in [0, 0.1) is 18.3 Å². The van der Waals surface area contributed by atoms with Crippen LogP contribution in [0.1, 0.15) is 63.5 Å². The Bertz CT molecular complexity index is 815. The van der Waals surface area contributed by atoms with E-state index in [1.807, 2.05) is 18.0 Å². The summed E-state index contributed by atoms with van der Waals surface area (Å²) in [5.41, 5.74) is 2.81. The van der Waals surface area contributed by atoms with Crippen LogP contribution in [0.15, 0.2) is 24.0 Å². The number of thiophene rings is 1. The summed E-state index contributed by atoms with van der Waals surface area (Å²) in [6, 6.07) is 0. The number of fused-ring (bicyclic) bond motifs is 1. The zero-order chi connectivity index (χ0) is 22.9. The van der Waals surface area contributed by atoms with Gasteiger partial charge in [0.2, 0.25) is 0 Å². The number of aliphatic imine (C=N–C) groups is 1. The second kappa shape index (κ2) is 9.16. The molecule has 1 atom stereocenters. The van der Waals surface area contributed by atoms with Crippen molar-refractivity contribution in [3.05, 3.63) is 35.0 Å². The van der Waals surface area contributed by atoms with Crippen molar-refractivity contribution in [1.29, 1.82) is 0 Å². The second-order valence-corrected chi connectivity index (χ2v) is 10.3. The first-order valence-electron chi connectivity index (χ1n) is 10.4. The van der Waals surface area contributed by atoms with Gasteiger partial charge in [-0.15, -0.1) is 11.3 Å². The van der Waals surface area contributed by atoms with Gasteiger partial charge in [-0.3, -0.25) is 4.99 Å². The summed E-state index contributed by atoms with van der Waals surface area (Å²) >= 11 is 1.47. The van der Waals surface area contributed by atoms with Crippen LogP contribution >= 0.6 is 11.3 Å². The minimum Gasteiger partial charge on any atom is -0.328 e. The number of alkyl halides is 3. The zero-order valence-electron chi connectivity index (χ0n) is 19.0. The first kappa shape index (κ1) is 24.5. The van der Waals surface area contributed by atoms with Crippen molar-refractivity contribution < 1.29 is 13.2 Å². The number of hydrogen-bond acceptors (Lipinski definition) is 4. The molecule has 2 rings (SSSR count). The van der Waals surface area contributed by atoms with E-state index in [0.717, 1.165) is 33.1 Å². The Morgan fingerprint density at radius 2 is 1.80 bits per heavy atom. The minimum atomic E-state index is -4.22. The zero-order valence-corrected chi connectivity index (χ0v) is 19.8. The summed E-state index contributed by atoms with van der Waals surface area (Å²) in [7, 11) is 0. The molecule has 1 aliphatic rings. The standard InChI is InChI=1S/C23H34F3N3S/c1-9-15(2)13-29-17(4)20-16(3)19(12-27-14-22(6,7)8)30-21(20)28(18(29)5)11-10-23(24,25)26/h12,15H,4-5,9-11,13-14H2,1-3,6-8H3/b27-12+. The molecule has 0 saturated carbocycles. The lowest BCUT2D eigenvalue weighted by atomic mass is 9.97. The van der Waals surface area contributed by atoms with Crippen LogP contribution in [-0.2, 0) is 0 Å². The molecule has 0 N–H and O–H groups in total. The Hall–Kier alpha value is -1.76. The Morgan fingerprint density at radius 1 is 1.17 bits per heavy atom. The Kier molecular flexibility index (Phi) is 7.49. The fourth-order valence-electron chi connectivity index (χ4n) is 3.25. The van der Waals surface area contributed by atoms with Crippen LogP contribution < -0.4 is 4.90 Å². The highest BCUT2D eigenvalue weighted by molar-refractivity contribution is 7.18. The fraction of sp³-hybridized carbons (Fsp3) is 0.609. The number of rotatable bonds is 7. The molecule has 1 aromatic heterocycles. The number of halogens is 3. The van der Waals surface area contributed by atoms with Crippen LogP contribution in [0.5, 0.6) is 0 Å². The highest BCUT2D eigenvalue weighted by Gasteiger charge is 2.36. The largest absolute Gasteiger partial charge is 0.390 e. The number of nitrogens with zero attached hydrogens (tertiary/aromatic N) is 3. The Balaban J connectivity index is 2.46. The van der Waals surface area contributed by atoms with E-state index >= 15 is 0 Å². The van der Waals surface area contributed by atoms with E-state index in [9.17, 15) is 13.2 Å². The maximum atomic E-state index is 13.0. The SMILES string of the molecule is C=C1c2c(sc(/C=N/CC(C)(C)C)c2C)N(CCC(F)(F)F)C(=C)N1CC(C)CC. The van der Waals surface area contributed by atoms with Gasteiger partial charge in [-0.05, 0) is 23.8 Å². The van der Waals surface area contributed by atoms with E-state index in [1.165, 1.54) is 11.3 Å². The topological polar surface area (TPSA) is 18.8 Å². The van der Waals surface area contributed by atoms with Crippen LogP contribution in [0.2, 0.25) is 0 Å². The lowest BCUT2D eigenvalue weighted by Gasteiger charge is -2.42. The fourth-order valence-corrected chi connectivity index (χ4v) is 4.52. The minimum absolute atomic E-state index is 0.0744. The summed E-state index contributed by atoms with van der Waals surface area (Å²) in [6.07, 6.45) is -2.29. The van der Waals surface area contributed by atoms with Crippen molar-refractivity contribution in [2.45, 2.75) is 60.6 Å². The van der Waals surface area contributed by atoms with E-state index in [2.05, 4.69) is 52.8 Å². The third-order valence-corrected chi connectivity index (χ3v) is 6.48. The Morgan fingerprint density at radius 3 is 2.33 bits per heavy atom. The predicted molar refractivity (Wildman–Crippen MR) is 123 cm³/mol. The molecule has 0 saturated heterocycles. The lowest BCUT2D eigenvalue weighted by Crippen LogP contribution is -2.41. The monoisotopic (exact) mass is 441 g/mol. The molecule has 30 heavy (non-hydrogen) atoms. The first-order valence-corrected chi connectivity index (χ1v) is 11.2. The molecular weight excluding hydrogens is 407 g/mol. The number of anilines is 1. The molecule has 1 aromatic rings. The summed E-state index contributed by atoms with van der Waals surface area (Å²) in [6.45, 7) is 22.2. The maximum absolute atomic E-state index is 13.0. The molecule has 7 heteroatoms. The first-order chi connectivity index (χ1) is 13.7. The summed E-state index contributed by atoms with van der Waals surface area (Å²) in [5, 5.41) is 0.782. The molecule has 0 aromatic carbocycles. The molecule has 2 heterocycles. The van der Waals surface area contributed by atoms with Crippen LogP contribution in [0.4, 0.5) is 18.2 Å². The van der Waals surface area contributed by atoms with Crippen molar-refractivity contribution >= 4 is 28.2 Å². The average molecular weight is 442 g/mol. The lowest BCUT2D eigenvalue weighted by molar-refractivity contribution is -0.132. The quantitative estimate of drug-likeness (QED) is 0.421. The highest BCUT2D eigenvalue weighted by Crippen LogP contribution is 2.47. The number of hydrogen-bond donors (Lipinski definition) is 0. The molecule has 0 radical (unpaired) electrons. The van der Waals surface area contributed by atoms with Gasteiger partial charge in [-0.25, -0.2) is 0 Å². The molecule has 0 bridgehead atoms. The van der Waals surface area contributed by atoms with E-state index in [1.54, 1.807) is 4.90 Å². The third-order valence-electron chi connectivity index (χ3n) is 5.23. The molecule has 0 amide bonds. The third kappa shape index (κ3) is 5.90. The molecule has 3 nitrogen and oxygen atoms in total. The molecular formula is C23H34F3N3S. The van der Waals surface area contributed by atoms with Crippen molar-refractivity contribution in [1.82, 2.24) is 4.90 Å². The molecule has 0 aliphatic carbocycles. The van der Waals surface area contributed by atoms with Gasteiger partial charge in [0.05, 0.1) is 11.3 Å². The molecule has 1 aliphatic heterocycles. The van der Waals surface area contributed by atoms with Crippen molar-refractivity contribution in [3.8, 4) is 0 Å².